The van der Waals surface area contributed by atoms with Crippen LogP contribution >= 0.6 is 11.3 Å². The zero-order chi connectivity index (χ0) is 15.8. The zero-order valence-corrected chi connectivity index (χ0v) is 14.3. The first-order valence-corrected chi connectivity index (χ1v) is 9.45. The van der Waals surface area contributed by atoms with Crippen LogP contribution < -0.4 is 10.2 Å². The number of carbonyl (C=O) groups excluding carboxylic acids is 1. The quantitative estimate of drug-likeness (QED) is 0.897. The van der Waals surface area contributed by atoms with Gasteiger partial charge in [0.05, 0.1) is 23.9 Å². The normalized spacial score (nSPS) is 30.6. The number of rotatable bonds is 2. The molecule has 4 rings (SSSR count). The van der Waals surface area contributed by atoms with Crippen LogP contribution in [0, 0.1) is 6.92 Å². The number of aromatic nitrogens is 1. The summed E-state index contributed by atoms with van der Waals surface area (Å²) >= 11 is 1.69. The lowest BCUT2D eigenvalue weighted by Gasteiger charge is -2.26. The van der Waals surface area contributed by atoms with Crippen molar-refractivity contribution in [3.8, 4) is 0 Å². The van der Waals surface area contributed by atoms with Crippen LogP contribution in [0.1, 0.15) is 31.4 Å². The molecule has 23 heavy (non-hydrogen) atoms. The lowest BCUT2D eigenvalue weighted by atomic mass is 9.96. The summed E-state index contributed by atoms with van der Waals surface area (Å²) in [5, 5.41) is 6.36. The van der Waals surface area contributed by atoms with E-state index in [2.05, 4.69) is 20.6 Å². The van der Waals surface area contributed by atoms with Crippen LogP contribution in [0.5, 0.6) is 0 Å². The molecule has 1 N–H and O–H groups in total. The molecular formula is C16H24N4O2S. The number of fused-ring (bicyclic) bond motifs is 2. The molecule has 3 atom stereocenters. The van der Waals surface area contributed by atoms with Crippen LogP contribution in [0.25, 0.3) is 0 Å². The number of carbonyl (C=O) groups is 1. The second kappa shape index (κ2) is 6.28. The Morgan fingerprint density at radius 1 is 1.35 bits per heavy atom. The highest BCUT2D eigenvalue weighted by atomic mass is 32.1. The molecule has 1 aromatic heterocycles. The SMILES string of the molecule is Cc1csc(N2CCCN(C(=O)N[C@@H]3C[C@H]4CC[C@H]3O4)CC2)n1. The first kappa shape index (κ1) is 15.2. The van der Waals surface area contributed by atoms with Crippen molar-refractivity contribution in [3.05, 3.63) is 11.1 Å². The maximum Gasteiger partial charge on any atom is 0.317 e. The van der Waals surface area contributed by atoms with E-state index in [1.165, 1.54) is 0 Å². The molecule has 0 spiro atoms. The van der Waals surface area contributed by atoms with Gasteiger partial charge in [0.1, 0.15) is 0 Å². The van der Waals surface area contributed by atoms with Crippen LogP contribution in [0.3, 0.4) is 0 Å². The van der Waals surface area contributed by atoms with E-state index >= 15 is 0 Å². The van der Waals surface area contributed by atoms with Crippen molar-refractivity contribution in [2.75, 3.05) is 31.1 Å². The molecule has 2 bridgehead atoms. The predicted molar refractivity (Wildman–Crippen MR) is 90.1 cm³/mol. The fraction of sp³-hybridized carbons (Fsp3) is 0.750. The number of hydrogen-bond acceptors (Lipinski definition) is 5. The van der Waals surface area contributed by atoms with Crippen molar-refractivity contribution in [3.63, 3.8) is 0 Å². The van der Waals surface area contributed by atoms with Crippen molar-refractivity contribution < 1.29 is 9.53 Å². The minimum absolute atomic E-state index is 0.0725. The van der Waals surface area contributed by atoms with Crippen LogP contribution in [0.15, 0.2) is 5.38 Å². The Kier molecular flexibility index (Phi) is 4.15. The average Bonchev–Trinajstić information content (AvgIpc) is 3.21. The van der Waals surface area contributed by atoms with Gasteiger partial charge in [-0.05, 0) is 32.6 Å². The van der Waals surface area contributed by atoms with E-state index in [1.807, 2.05) is 11.8 Å². The number of thiazole rings is 1. The molecule has 3 saturated heterocycles. The number of urea groups is 1. The Hall–Kier alpha value is -1.34. The van der Waals surface area contributed by atoms with Gasteiger partial charge in [-0.15, -0.1) is 11.3 Å². The Labute approximate surface area is 140 Å². The summed E-state index contributed by atoms with van der Waals surface area (Å²) in [4.78, 5) is 21.4. The van der Waals surface area contributed by atoms with Crippen molar-refractivity contribution in [2.24, 2.45) is 0 Å². The monoisotopic (exact) mass is 336 g/mol. The number of ether oxygens (including phenoxy) is 1. The third-order valence-corrected chi connectivity index (χ3v) is 6.09. The number of nitrogens with zero attached hydrogens (tertiary/aromatic N) is 3. The van der Waals surface area contributed by atoms with Crippen LogP contribution in [-0.4, -0.2) is 60.3 Å². The minimum atomic E-state index is 0.0725. The molecule has 7 heteroatoms. The van der Waals surface area contributed by atoms with Crippen LogP contribution in [-0.2, 0) is 4.74 Å². The molecule has 126 valence electrons. The molecule has 2 amide bonds. The first-order chi connectivity index (χ1) is 11.2. The Balaban J connectivity index is 1.32. The molecular weight excluding hydrogens is 312 g/mol. The fourth-order valence-electron chi connectivity index (χ4n) is 3.84. The highest BCUT2D eigenvalue weighted by molar-refractivity contribution is 7.13. The van der Waals surface area contributed by atoms with E-state index < -0.39 is 0 Å². The number of amides is 2. The molecule has 3 aliphatic heterocycles. The van der Waals surface area contributed by atoms with E-state index in [4.69, 9.17) is 4.74 Å². The van der Waals surface area contributed by atoms with Gasteiger partial charge in [-0.25, -0.2) is 9.78 Å². The van der Waals surface area contributed by atoms with Gasteiger partial charge in [-0.3, -0.25) is 0 Å². The van der Waals surface area contributed by atoms with Crippen molar-refractivity contribution >= 4 is 22.5 Å². The smallest absolute Gasteiger partial charge is 0.317 e. The molecule has 3 aliphatic rings. The lowest BCUT2D eigenvalue weighted by molar-refractivity contribution is 0.0970. The van der Waals surface area contributed by atoms with Gasteiger partial charge in [-0.1, -0.05) is 0 Å². The van der Waals surface area contributed by atoms with E-state index in [9.17, 15) is 4.79 Å². The Bertz CT molecular complexity index is 578. The van der Waals surface area contributed by atoms with Crippen LogP contribution in [0.4, 0.5) is 9.93 Å². The van der Waals surface area contributed by atoms with Gasteiger partial charge in [0, 0.05) is 31.6 Å². The summed E-state index contributed by atoms with van der Waals surface area (Å²) in [5.41, 5.74) is 1.07. The Morgan fingerprint density at radius 3 is 2.96 bits per heavy atom. The molecule has 0 aliphatic carbocycles. The second-order valence-electron chi connectivity index (χ2n) is 6.76. The summed E-state index contributed by atoms with van der Waals surface area (Å²) < 4.78 is 5.83. The number of aryl methyl sites for hydroxylation is 1. The van der Waals surface area contributed by atoms with Gasteiger partial charge < -0.3 is 19.9 Å². The van der Waals surface area contributed by atoms with Crippen LogP contribution in [0.2, 0.25) is 0 Å². The molecule has 1 aromatic rings. The Morgan fingerprint density at radius 2 is 2.26 bits per heavy atom. The maximum atomic E-state index is 12.6. The molecule has 3 fully saturated rings. The molecule has 0 unspecified atom stereocenters. The molecule has 0 saturated carbocycles. The molecule has 6 nitrogen and oxygen atoms in total. The van der Waals surface area contributed by atoms with E-state index in [0.717, 1.165) is 62.7 Å². The van der Waals surface area contributed by atoms with Gasteiger partial charge >= 0.3 is 6.03 Å². The highest BCUT2D eigenvalue weighted by Gasteiger charge is 2.41. The van der Waals surface area contributed by atoms with E-state index in [-0.39, 0.29) is 18.2 Å². The number of nitrogens with one attached hydrogen (secondary N) is 1. The lowest BCUT2D eigenvalue weighted by Crippen LogP contribution is -2.49. The van der Waals surface area contributed by atoms with Gasteiger partial charge in [0.25, 0.3) is 0 Å². The summed E-state index contributed by atoms with van der Waals surface area (Å²) in [6.45, 7) is 5.41. The molecule has 4 heterocycles. The number of anilines is 1. The second-order valence-corrected chi connectivity index (χ2v) is 7.60. The summed E-state index contributed by atoms with van der Waals surface area (Å²) in [7, 11) is 0. The predicted octanol–water partition coefficient (Wildman–Crippen LogP) is 1.99. The first-order valence-electron chi connectivity index (χ1n) is 8.57. The van der Waals surface area contributed by atoms with Crippen molar-refractivity contribution in [1.82, 2.24) is 15.2 Å². The van der Waals surface area contributed by atoms with Crippen molar-refractivity contribution in [2.45, 2.75) is 50.9 Å². The molecule has 0 aromatic carbocycles. The molecule has 0 radical (unpaired) electrons. The maximum absolute atomic E-state index is 12.6. The van der Waals surface area contributed by atoms with Gasteiger partial charge in [0.2, 0.25) is 0 Å². The van der Waals surface area contributed by atoms with E-state index in [1.54, 1.807) is 11.3 Å². The third-order valence-electron chi connectivity index (χ3n) is 5.08. The highest BCUT2D eigenvalue weighted by Crippen LogP contribution is 2.34. The summed E-state index contributed by atoms with van der Waals surface area (Å²) in [5.74, 6) is 0. The topological polar surface area (TPSA) is 57.7 Å². The van der Waals surface area contributed by atoms with Gasteiger partial charge in [-0.2, -0.15) is 0 Å². The largest absolute Gasteiger partial charge is 0.373 e. The number of hydrogen-bond donors (Lipinski definition) is 1. The summed E-state index contributed by atoms with van der Waals surface area (Å²) in [6, 6.07) is 0.283. The fourth-order valence-corrected chi connectivity index (χ4v) is 4.70. The minimum Gasteiger partial charge on any atom is -0.373 e. The standard InChI is InChI=1S/C16H24N4O2S/c1-11-10-23-16(17-11)20-6-2-5-19(7-8-20)15(21)18-13-9-12-3-4-14(13)22-12/h10,12-14H,2-9H2,1H3,(H,18,21)/t12-,13-,14-/m1/s1. The average molecular weight is 336 g/mol. The van der Waals surface area contributed by atoms with E-state index in [0.29, 0.717) is 6.10 Å². The van der Waals surface area contributed by atoms with Crippen molar-refractivity contribution in [1.29, 1.82) is 0 Å². The summed E-state index contributed by atoms with van der Waals surface area (Å²) in [6.07, 6.45) is 4.83. The van der Waals surface area contributed by atoms with Gasteiger partial charge in [0.15, 0.2) is 5.13 Å². The third kappa shape index (κ3) is 3.17. The zero-order valence-electron chi connectivity index (χ0n) is 13.5.